The fraction of sp³-hybridized carbons (Fsp3) is 0.267. The van der Waals surface area contributed by atoms with Crippen molar-refractivity contribution in [1.82, 2.24) is 10.3 Å². The predicted octanol–water partition coefficient (Wildman–Crippen LogP) is 3.63. The molecular weight excluding hydrogens is 227 g/mol. The van der Waals surface area contributed by atoms with Crippen LogP contribution >= 0.6 is 0 Å². The number of hydrogen-bond acceptors (Lipinski definition) is 2. The van der Waals surface area contributed by atoms with Crippen molar-refractivity contribution < 1.29 is 4.39 Å². The van der Waals surface area contributed by atoms with Gasteiger partial charge in [-0.3, -0.25) is 4.98 Å². The van der Waals surface area contributed by atoms with E-state index < -0.39 is 0 Å². The highest BCUT2D eigenvalue weighted by atomic mass is 19.1. The second-order valence-corrected chi connectivity index (χ2v) is 4.44. The van der Waals surface area contributed by atoms with E-state index in [-0.39, 0.29) is 17.9 Å². The smallest absolute Gasteiger partial charge is 0.123 e. The first-order valence-corrected chi connectivity index (χ1v) is 6.08. The number of pyridine rings is 1. The molecular formula is C15H17FN2. The van der Waals surface area contributed by atoms with E-state index in [9.17, 15) is 4.39 Å². The van der Waals surface area contributed by atoms with E-state index in [1.807, 2.05) is 24.3 Å². The second kappa shape index (κ2) is 5.74. The molecule has 2 atom stereocenters. The number of halogens is 1. The van der Waals surface area contributed by atoms with E-state index >= 15 is 0 Å². The van der Waals surface area contributed by atoms with Crippen molar-refractivity contribution in [2.75, 3.05) is 0 Å². The lowest BCUT2D eigenvalue weighted by atomic mass is 10.1. The lowest BCUT2D eigenvalue weighted by molar-refractivity contribution is 0.493. The Balaban J connectivity index is 2.03. The van der Waals surface area contributed by atoms with E-state index in [1.54, 1.807) is 12.4 Å². The van der Waals surface area contributed by atoms with Gasteiger partial charge in [0.2, 0.25) is 0 Å². The molecule has 0 bridgehead atoms. The summed E-state index contributed by atoms with van der Waals surface area (Å²) in [7, 11) is 0. The molecule has 0 spiro atoms. The number of rotatable bonds is 4. The maximum Gasteiger partial charge on any atom is 0.123 e. The highest BCUT2D eigenvalue weighted by Crippen LogP contribution is 2.19. The first-order valence-electron chi connectivity index (χ1n) is 6.08. The van der Waals surface area contributed by atoms with Crippen molar-refractivity contribution in [3.05, 3.63) is 65.7 Å². The zero-order valence-corrected chi connectivity index (χ0v) is 10.6. The summed E-state index contributed by atoms with van der Waals surface area (Å²) in [6, 6.07) is 11.0. The fourth-order valence-electron chi connectivity index (χ4n) is 1.97. The molecule has 1 heterocycles. The number of aromatic nitrogens is 1. The normalized spacial score (nSPS) is 14.2. The minimum Gasteiger partial charge on any atom is -0.304 e. The molecule has 0 aliphatic rings. The molecule has 0 amide bonds. The largest absolute Gasteiger partial charge is 0.304 e. The van der Waals surface area contributed by atoms with Gasteiger partial charge in [-0.1, -0.05) is 12.1 Å². The van der Waals surface area contributed by atoms with Crippen molar-refractivity contribution in [3.8, 4) is 0 Å². The number of benzene rings is 1. The van der Waals surface area contributed by atoms with E-state index in [2.05, 4.69) is 24.1 Å². The molecule has 2 aromatic rings. The van der Waals surface area contributed by atoms with Crippen LogP contribution in [0.15, 0.2) is 48.8 Å². The van der Waals surface area contributed by atoms with Gasteiger partial charge >= 0.3 is 0 Å². The second-order valence-electron chi connectivity index (χ2n) is 4.44. The lowest BCUT2D eigenvalue weighted by Gasteiger charge is -2.20. The third kappa shape index (κ3) is 3.14. The van der Waals surface area contributed by atoms with Crippen LogP contribution in [-0.4, -0.2) is 4.98 Å². The summed E-state index contributed by atoms with van der Waals surface area (Å²) in [4.78, 5) is 4.01. The Hall–Kier alpha value is -1.74. The predicted molar refractivity (Wildman–Crippen MR) is 70.6 cm³/mol. The molecule has 1 aromatic heterocycles. The topological polar surface area (TPSA) is 24.9 Å². The quantitative estimate of drug-likeness (QED) is 0.888. The molecule has 0 saturated heterocycles. The Morgan fingerprint density at radius 2 is 1.39 bits per heavy atom. The molecule has 1 unspecified atom stereocenters. The fourth-order valence-corrected chi connectivity index (χ4v) is 1.97. The zero-order valence-electron chi connectivity index (χ0n) is 10.6. The van der Waals surface area contributed by atoms with Gasteiger partial charge in [0, 0.05) is 24.5 Å². The lowest BCUT2D eigenvalue weighted by Crippen LogP contribution is -2.22. The van der Waals surface area contributed by atoms with Gasteiger partial charge in [-0.25, -0.2) is 4.39 Å². The van der Waals surface area contributed by atoms with Gasteiger partial charge in [-0.2, -0.15) is 0 Å². The summed E-state index contributed by atoms with van der Waals surface area (Å²) in [6.07, 6.45) is 3.58. The molecule has 94 valence electrons. The Labute approximate surface area is 107 Å². The number of hydrogen-bond donors (Lipinski definition) is 1. The third-order valence-corrected chi connectivity index (χ3v) is 3.08. The van der Waals surface area contributed by atoms with E-state index in [4.69, 9.17) is 0 Å². The van der Waals surface area contributed by atoms with Crippen molar-refractivity contribution in [2.24, 2.45) is 0 Å². The molecule has 0 saturated carbocycles. The van der Waals surface area contributed by atoms with Crippen molar-refractivity contribution in [1.29, 1.82) is 0 Å². The standard InChI is InChI=1S/C15H17FN2/c1-11(13-3-5-15(16)6-4-13)18-12(2)14-7-9-17-10-8-14/h3-12,18H,1-2H3/t11-,12?/m0/s1. The van der Waals surface area contributed by atoms with Crippen LogP contribution in [0.25, 0.3) is 0 Å². The van der Waals surface area contributed by atoms with Crippen LogP contribution in [0.2, 0.25) is 0 Å². The Morgan fingerprint density at radius 3 is 1.94 bits per heavy atom. The van der Waals surface area contributed by atoms with Crippen LogP contribution in [0.4, 0.5) is 4.39 Å². The van der Waals surface area contributed by atoms with Crippen LogP contribution in [0, 0.1) is 5.82 Å². The minimum absolute atomic E-state index is 0.175. The summed E-state index contributed by atoms with van der Waals surface area (Å²) < 4.78 is 12.9. The van der Waals surface area contributed by atoms with Gasteiger partial charge in [-0.15, -0.1) is 0 Å². The van der Waals surface area contributed by atoms with E-state index in [0.29, 0.717) is 0 Å². The highest BCUT2D eigenvalue weighted by Gasteiger charge is 2.10. The average molecular weight is 244 g/mol. The van der Waals surface area contributed by atoms with Crippen LogP contribution in [0.3, 0.4) is 0 Å². The molecule has 0 radical (unpaired) electrons. The zero-order chi connectivity index (χ0) is 13.0. The molecule has 1 aromatic carbocycles. The Morgan fingerprint density at radius 1 is 0.889 bits per heavy atom. The van der Waals surface area contributed by atoms with E-state index in [1.165, 1.54) is 17.7 Å². The van der Waals surface area contributed by atoms with E-state index in [0.717, 1.165) is 5.56 Å². The van der Waals surface area contributed by atoms with Gasteiger partial charge in [0.1, 0.15) is 5.82 Å². The first-order chi connectivity index (χ1) is 8.66. The van der Waals surface area contributed by atoms with Gasteiger partial charge in [-0.05, 0) is 49.2 Å². The summed E-state index contributed by atoms with van der Waals surface area (Å²) >= 11 is 0. The van der Waals surface area contributed by atoms with Gasteiger partial charge in [0.15, 0.2) is 0 Å². The summed E-state index contributed by atoms with van der Waals surface area (Å²) in [5.41, 5.74) is 2.27. The Bertz CT molecular complexity index is 482. The van der Waals surface area contributed by atoms with Gasteiger partial charge in [0.25, 0.3) is 0 Å². The summed E-state index contributed by atoms with van der Waals surface area (Å²) in [5.74, 6) is -0.201. The number of nitrogens with zero attached hydrogens (tertiary/aromatic N) is 1. The summed E-state index contributed by atoms with van der Waals surface area (Å²) in [5, 5.41) is 3.48. The van der Waals surface area contributed by atoms with Crippen molar-refractivity contribution in [2.45, 2.75) is 25.9 Å². The number of nitrogens with one attached hydrogen (secondary N) is 1. The maximum absolute atomic E-state index is 12.9. The third-order valence-electron chi connectivity index (χ3n) is 3.08. The first kappa shape index (κ1) is 12.7. The molecule has 2 rings (SSSR count). The monoisotopic (exact) mass is 244 g/mol. The van der Waals surface area contributed by atoms with Crippen LogP contribution in [-0.2, 0) is 0 Å². The SMILES string of the molecule is CC(N[C@@H](C)c1ccc(F)cc1)c1ccncc1. The average Bonchev–Trinajstić information content (AvgIpc) is 2.40. The van der Waals surface area contributed by atoms with Gasteiger partial charge in [0.05, 0.1) is 0 Å². The Kier molecular flexibility index (Phi) is 4.05. The molecule has 0 aliphatic carbocycles. The summed E-state index contributed by atoms with van der Waals surface area (Å²) in [6.45, 7) is 4.18. The van der Waals surface area contributed by atoms with Crippen molar-refractivity contribution >= 4 is 0 Å². The highest BCUT2D eigenvalue weighted by molar-refractivity contribution is 5.21. The van der Waals surface area contributed by atoms with Gasteiger partial charge < -0.3 is 5.32 Å². The molecule has 3 heteroatoms. The molecule has 1 N–H and O–H groups in total. The molecule has 2 nitrogen and oxygen atoms in total. The molecule has 0 aliphatic heterocycles. The maximum atomic E-state index is 12.9. The molecule has 18 heavy (non-hydrogen) atoms. The minimum atomic E-state index is -0.201. The van der Waals surface area contributed by atoms with Crippen molar-refractivity contribution in [3.63, 3.8) is 0 Å². The van der Waals surface area contributed by atoms with Crippen LogP contribution in [0.1, 0.15) is 37.1 Å². The van der Waals surface area contributed by atoms with Crippen LogP contribution < -0.4 is 5.32 Å². The molecule has 0 fully saturated rings. The van der Waals surface area contributed by atoms with Crippen LogP contribution in [0.5, 0.6) is 0 Å².